The van der Waals surface area contributed by atoms with E-state index in [-0.39, 0.29) is 17.3 Å². The monoisotopic (exact) mass is 369 g/mol. The minimum absolute atomic E-state index is 0.202. The molecule has 0 aliphatic rings. The van der Waals surface area contributed by atoms with Gasteiger partial charge in [0.2, 0.25) is 5.91 Å². The third-order valence-corrected chi connectivity index (χ3v) is 6.28. The predicted octanol–water partition coefficient (Wildman–Crippen LogP) is 3.79. The van der Waals surface area contributed by atoms with Crippen LogP contribution >= 0.6 is 0 Å². The lowest BCUT2D eigenvalue weighted by Gasteiger charge is -2.35. The fourth-order valence-corrected chi connectivity index (χ4v) is 4.71. The number of carbonyl (C=O) groups is 1. The van der Waals surface area contributed by atoms with Crippen molar-refractivity contribution >= 4 is 15.7 Å². The zero-order valence-electron chi connectivity index (χ0n) is 14.8. The highest BCUT2D eigenvalue weighted by Crippen LogP contribution is 2.33. The van der Waals surface area contributed by atoms with Crippen LogP contribution in [0, 0.1) is 0 Å². The molecule has 26 heavy (non-hydrogen) atoms. The van der Waals surface area contributed by atoms with Crippen molar-refractivity contribution in [3.05, 3.63) is 91.5 Å². The van der Waals surface area contributed by atoms with Crippen LogP contribution in [0.3, 0.4) is 0 Å². The van der Waals surface area contributed by atoms with Crippen LogP contribution in [0.1, 0.15) is 18.5 Å². The molecule has 0 heterocycles. The Bertz CT molecular complexity index is 861. The molecule has 0 spiro atoms. The summed E-state index contributed by atoms with van der Waals surface area (Å²) >= 11 is 0. The minimum atomic E-state index is -3.74. The molecule has 0 aliphatic carbocycles. The van der Waals surface area contributed by atoms with Crippen LogP contribution in [0.25, 0.3) is 0 Å². The molecule has 0 aliphatic heterocycles. The second-order valence-corrected chi connectivity index (χ2v) is 7.98. The quantitative estimate of drug-likeness (QED) is 0.665. The van der Waals surface area contributed by atoms with Gasteiger partial charge in [0.05, 0.1) is 10.9 Å². The van der Waals surface area contributed by atoms with Crippen molar-refractivity contribution in [1.82, 2.24) is 4.90 Å². The SMILES string of the molecule is C=CCN(C(C)=O)[C@H](c1ccccc1)[C@H](C=C)S(=O)(=O)c1ccccc1. The highest BCUT2D eigenvalue weighted by molar-refractivity contribution is 7.92. The Morgan fingerprint density at radius 3 is 2.04 bits per heavy atom. The van der Waals surface area contributed by atoms with E-state index in [9.17, 15) is 13.2 Å². The predicted molar refractivity (Wildman–Crippen MR) is 104 cm³/mol. The van der Waals surface area contributed by atoms with E-state index in [0.717, 1.165) is 5.56 Å². The molecule has 0 fully saturated rings. The normalized spacial score (nSPS) is 13.4. The molecule has 1 amide bonds. The lowest BCUT2D eigenvalue weighted by atomic mass is 10.0. The maximum atomic E-state index is 13.3. The van der Waals surface area contributed by atoms with Crippen LogP contribution in [0.4, 0.5) is 0 Å². The third-order valence-electron chi connectivity index (χ3n) is 4.18. The Balaban J connectivity index is 2.64. The molecule has 0 N–H and O–H groups in total. The van der Waals surface area contributed by atoms with Gasteiger partial charge in [-0.2, -0.15) is 0 Å². The number of benzene rings is 2. The second-order valence-electron chi connectivity index (χ2n) is 5.87. The zero-order chi connectivity index (χ0) is 19.2. The van der Waals surface area contributed by atoms with Gasteiger partial charge in [-0.25, -0.2) is 8.42 Å². The maximum Gasteiger partial charge on any atom is 0.220 e. The summed E-state index contributed by atoms with van der Waals surface area (Å²) in [7, 11) is -3.74. The number of rotatable bonds is 8. The van der Waals surface area contributed by atoms with E-state index in [1.807, 2.05) is 30.3 Å². The van der Waals surface area contributed by atoms with Crippen molar-refractivity contribution in [2.45, 2.75) is 23.1 Å². The molecule has 0 unspecified atom stereocenters. The van der Waals surface area contributed by atoms with Gasteiger partial charge in [0.1, 0.15) is 5.25 Å². The molecule has 0 bridgehead atoms. The highest BCUT2D eigenvalue weighted by atomic mass is 32.2. The van der Waals surface area contributed by atoms with Crippen LogP contribution in [0.2, 0.25) is 0 Å². The van der Waals surface area contributed by atoms with Crippen LogP contribution in [0.15, 0.2) is 90.9 Å². The summed E-state index contributed by atoms with van der Waals surface area (Å²) in [4.78, 5) is 14.0. The molecule has 5 heteroatoms. The Hall–Kier alpha value is -2.66. The summed E-state index contributed by atoms with van der Waals surface area (Å²) in [6.07, 6.45) is 2.99. The molecule has 2 aromatic rings. The molecule has 136 valence electrons. The summed E-state index contributed by atoms with van der Waals surface area (Å²) in [5, 5.41) is -0.990. The van der Waals surface area contributed by atoms with Crippen molar-refractivity contribution in [1.29, 1.82) is 0 Å². The van der Waals surface area contributed by atoms with E-state index in [2.05, 4.69) is 13.2 Å². The van der Waals surface area contributed by atoms with Gasteiger partial charge >= 0.3 is 0 Å². The fraction of sp³-hybridized carbons (Fsp3) is 0.190. The molecule has 0 radical (unpaired) electrons. The fourth-order valence-electron chi connectivity index (χ4n) is 2.97. The van der Waals surface area contributed by atoms with Crippen LogP contribution in [-0.2, 0) is 14.6 Å². The van der Waals surface area contributed by atoms with Gasteiger partial charge in [0, 0.05) is 13.5 Å². The lowest BCUT2D eigenvalue weighted by Crippen LogP contribution is -2.42. The van der Waals surface area contributed by atoms with E-state index >= 15 is 0 Å². The van der Waals surface area contributed by atoms with Crippen molar-refractivity contribution < 1.29 is 13.2 Å². The molecule has 0 saturated carbocycles. The Labute approximate surface area is 155 Å². The second kappa shape index (κ2) is 8.63. The summed E-state index contributed by atoms with van der Waals surface area (Å²) in [6.45, 7) is 9.12. The van der Waals surface area contributed by atoms with Gasteiger partial charge in [0.15, 0.2) is 9.84 Å². The molecule has 2 atom stereocenters. The topological polar surface area (TPSA) is 54.5 Å². The zero-order valence-corrected chi connectivity index (χ0v) is 15.6. The molecule has 4 nitrogen and oxygen atoms in total. The number of sulfone groups is 1. The number of amides is 1. The van der Waals surface area contributed by atoms with Crippen molar-refractivity contribution in [2.75, 3.05) is 6.54 Å². The standard InChI is InChI=1S/C21H23NO3S/c1-4-16-22(17(3)23)21(18-12-8-6-9-13-18)20(5-2)26(24,25)19-14-10-7-11-15-19/h4-15,20-21H,1-2,16H2,3H3/t20-,21+/m0/s1. The van der Waals surface area contributed by atoms with Gasteiger partial charge in [-0.15, -0.1) is 13.2 Å². The van der Waals surface area contributed by atoms with E-state index in [4.69, 9.17) is 0 Å². The molecule has 2 rings (SSSR count). The average Bonchev–Trinajstić information content (AvgIpc) is 2.65. The summed E-state index contributed by atoms with van der Waals surface area (Å²) in [5.74, 6) is -0.228. The number of nitrogens with zero attached hydrogens (tertiary/aromatic N) is 1. The summed E-state index contributed by atoms with van der Waals surface area (Å²) in [6, 6.07) is 16.7. The number of hydrogen-bond acceptors (Lipinski definition) is 3. The van der Waals surface area contributed by atoms with Gasteiger partial charge in [-0.05, 0) is 17.7 Å². The average molecular weight is 369 g/mol. The van der Waals surface area contributed by atoms with Crippen LogP contribution < -0.4 is 0 Å². The Kier molecular flexibility index (Phi) is 6.52. The van der Waals surface area contributed by atoms with Crippen LogP contribution in [-0.4, -0.2) is 31.0 Å². The molecular formula is C21H23NO3S. The van der Waals surface area contributed by atoms with E-state index in [1.54, 1.807) is 36.4 Å². The van der Waals surface area contributed by atoms with E-state index in [0.29, 0.717) is 0 Å². The Morgan fingerprint density at radius 1 is 1.04 bits per heavy atom. The first-order valence-corrected chi connectivity index (χ1v) is 9.82. The van der Waals surface area contributed by atoms with Gasteiger partial charge in [0.25, 0.3) is 0 Å². The van der Waals surface area contributed by atoms with Crippen molar-refractivity contribution in [2.24, 2.45) is 0 Å². The van der Waals surface area contributed by atoms with E-state index in [1.165, 1.54) is 17.9 Å². The first kappa shape index (κ1) is 19.7. The number of hydrogen-bond donors (Lipinski definition) is 0. The number of carbonyl (C=O) groups excluding carboxylic acids is 1. The molecule has 2 aromatic carbocycles. The maximum absolute atomic E-state index is 13.3. The van der Waals surface area contributed by atoms with Gasteiger partial charge in [-0.3, -0.25) is 4.79 Å². The Morgan fingerprint density at radius 2 is 1.58 bits per heavy atom. The van der Waals surface area contributed by atoms with Crippen molar-refractivity contribution in [3.8, 4) is 0 Å². The summed E-state index contributed by atoms with van der Waals surface area (Å²) in [5.41, 5.74) is 0.731. The summed E-state index contributed by atoms with van der Waals surface area (Å²) < 4.78 is 26.5. The first-order valence-electron chi connectivity index (χ1n) is 8.28. The molecular weight excluding hydrogens is 346 g/mol. The van der Waals surface area contributed by atoms with E-state index < -0.39 is 21.1 Å². The first-order chi connectivity index (χ1) is 12.4. The smallest absolute Gasteiger partial charge is 0.220 e. The minimum Gasteiger partial charge on any atom is -0.331 e. The van der Waals surface area contributed by atoms with Gasteiger partial charge < -0.3 is 4.90 Å². The molecule has 0 aromatic heterocycles. The van der Waals surface area contributed by atoms with Crippen LogP contribution in [0.5, 0.6) is 0 Å². The lowest BCUT2D eigenvalue weighted by molar-refractivity contribution is -0.130. The van der Waals surface area contributed by atoms with Gasteiger partial charge in [-0.1, -0.05) is 60.7 Å². The largest absolute Gasteiger partial charge is 0.331 e. The van der Waals surface area contributed by atoms with Crippen molar-refractivity contribution in [3.63, 3.8) is 0 Å². The third kappa shape index (κ3) is 4.11. The molecule has 0 saturated heterocycles. The highest BCUT2D eigenvalue weighted by Gasteiger charge is 2.37.